The highest BCUT2D eigenvalue weighted by atomic mass is 32.1. The van der Waals surface area contributed by atoms with E-state index in [-0.39, 0.29) is 18.7 Å². The number of nitrogens with one attached hydrogen (secondary N) is 1. The van der Waals surface area contributed by atoms with Gasteiger partial charge in [0.05, 0.1) is 18.4 Å². The highest BCUT2D eigenvalue weighted by Crippen LogP contribution is 2.25. The lowest BCUT2D eigenvalue weighted by molar-refractivity contribution is -0.128. The van der Waals surface area contributed by atoms with Crippen molar-refractivity contribution in [3.8, 4) is 23.3 Å². The van der Waals surface area contributed by atoms with Gasteiger partial charge in [-0.25, -0.2) is 0 Å². The molecule has 0 bridgehead atoms. The van der Waals surface area contributed by atoms with Crippen molar-refractivity contribution < 1.29 is 18.7 Å². The molecule has 3 rings (SSSR count). The van der Waals surface area contributed by atoms with Crippen molar-refractivity contribution in [2.24, 2.45) is 5.92 Å². The normalized spacial score (nSPS) is 11.4. The lowest BCUT2D eigenvalue weighted by Crippen LogP contribution is -2.29. The van der Waals surface area contributed by atoms with Gasteiger partial charge in [0.2, 0.25) is 17.7 Å². The summed E-state index contributed by atoms with van der Waals surface area (Å²) in [5.74, 6) is -1.54. The molecule has 29 heavy (non-hydrogen) atoms. The first-order valence-corrected chi connectivity index (χ1v) is 9.86. The molecule has 0 fully saturated rings. The number of para-hydroxylation sites is 2. The van der Waals surface area contributed by atoms with Crippen molar-refractivity contribution in [1.82, 2.24) is 10.2 Å². The molecule has 0 aliphatic carbocycles. The minimum atomic E-state index is -1.44. The van der Waals surface area contributed by atoms with Crippen molar-refractivity contribution in [1.29, 1.82) is 5.26 Å². The molecule has 0 saturated carbocycles. The standard InChI is InChI=1S/C20H18N4O4S/c1-2-27-17-6-4-3-5-15(17)22-19(26)14(11-21)16(25)7-8-18-23-24-20(28-18)13-9-10-29-12-13/h3-6,9-10,12,14H,2,7-8H2,1H3,(H,22,26). The van der Waals surface area contributed by atoms with E-state index in [1.807, 2.05) is 23.8 Å². The summed E-state index contributed by atoms with van der Waals surface area (Å²) in [5.41, 5.74) is 1.21. The highest BCUT2D eigenvalue weighted by Gasteiger charge is 2.27. The third-order valence-electron chi connectivity index (χ3n) is 3.98. The Kier molecular flexibility index (Phi) is 6.71. The molecule has 148 valence electrons. The monoisotopic (exact) mass is 410 g/mol. The first-order valence-electron chi connectivity index (χ1n) is 8.92. The van der Waals surface area contributed by atoms with Crippen LogP contribution < -0.4 is 10.1 Å². The molecule has 0 saturated heterocycles. The number of aromatic nitrogens is 2. The summed E-state index contributed by atoms with van der Waals surface area (Å²) in [4.78, 5) is 24.9. The molecule has 1 unspecified atom stereocenters. The van der Waals surface area contributed by atoms with Gasteiger partial charge in [-0.05, 0) is 30.5 Å². The molecule has 2 aromatic heterocycles. The fraction of sp³-hybridized carbons (Fsp3) is 0.250. The second-order valence-corrected chi connectivity index (χ2v) is 6.74. The number of ketones is 1. The zero-order chi connectivity index (χ0) is 20.6. The quantitative estimate of drug-likeness (QED) is 0.537. The summed E-state index contributed by atoms with van der Waals surface area (Å²) in [5, 5.41) is 23.5. The summed E-state index contributed by atoms with van der Waals surface area (Å²) in [7, 11) is 0. The van der Waals surface area contributed by atoms with Gasteiger partial charge in [0.25, 0.3) is 0 Å². The molecule has 0 radical (unpaired) electrons. The maximum atomic E-state index is 12.5. The second kappa shape index (κ2) is 9.61. The average molecular weight is 410 g/mol. The Bertz CT molecular complexity index is 1020. The molecular formula is C20H18N4O4S. The number of amides is 1. The number of aryl methyl sites for hydroxylation is 1. The summed E-state index contributed by atoms with van der Waals surface area (Å²) in [6.45, 7) is 2.24. The minimum Gasteiger partial charge on any atom is -0.492 e. The van der Waals surface area contributed by atoms with Gasteiger partial charge in [0.15, 0.2) is 11.7 Å². The Balaban J connectivity index is 1.60. The van der Waals surface area contributed by atoms with Crippen LogP contribution in [0.25, 0.3) is 11.5 Å². The Morgan fingerprint density at radius 3 is 2.86 bits per heavy atom. The fourth-order valence-corrected chi connectivity index (χ4v) is 3.19. The number of hydrogen-bond acceptors (Lipinski definition) is 8. The molecule has 3 aromatic rings. The summed E-state index contributed by atoms with van der Waals surface area (Å²) >= 11 is 1.51. The lowest BCUT2D eigenvalue weighted by Gasteiger charge is -2.13. The number of carbonyl (C=O) groups is 2. The third kappa shape index (κ3) is 5.06. The number of ether oxygens (including phenoxy) is 1. The van der Waals surface area contributed by atoms with Crippen LogP contribution in [0.1, 0.15) is 19.2 Å². The van der Waals surface area contributed by atoms with Crippen LogP contribution in [0.5, 0.6) is 5.75 Å². The Morgan fingerprint density at radius 2 is 2.14 bits per heavy atom. The zero-order valence-electron chi connectivity index (χ0n) is 15.6. The number of hydrogen-bond donors (Lipinski definition) is 1. The van der Waals surface area contributed by atoms with Crippen molar-refractivity contribution in [3.05, 3.63) is 47.0 Å². The molecule has 0 spiro atoms. The van der Waals surface area contributed by atoms with E-state index in [1.165, 1.54) is 11.3 Å². The van der Waals surface area contributed by atoms with Crippen LogP contribution in [-0.2, 0) is 16.0 Å². The first kappa shape index (κ1) is 20.2. The van der Waals surface area contributed by atoms with Crippen molar-refractivity contribution in [3.63, 3.8) is 0 Å². The molecule has 2 heterocycles. The van der Waals surface area contributed by atoms with Gasteiger partial charge in [-0.3, -0.25) is 9.59 Å². The van der Waals surface area contributed by atoms with Crippen molar-refractivity contribution >= 4 is 28.7 Å². The van der Waals surface area contributed by atoms with E-state index in [0.29, 0.717) is 23.9 Å². The smallest absolute Gasteiger partial charge is 0.249 e. The van der Waals surface area contributed by atoms with Crippen LogP contribution in [0.2, 0.25) is 0 Å². The molecular weight excluding hydrogens is 392 g/mol. The van der Waals surface area contributed by atoms with Gasteiger partial charge >= 0.3 is 0 Å². The van der Waals surface area contributed by atoms with E-state index in [1.54, 1.807) is 30.3 Å². The van der Waals surface area contributed by atoms with E-state index in [2.05, 4.69) is 15.5 Å². The number of rotatable bonds is 9. The molecule has 1 amide bonds. The SMILES string of the molecule is CCOc1ccccc1NC(=O)C(C#N)C(=O)CCc1nnc(-c2ccsc2)o1. The van der Waals surface area contributed by atoms with Crippen LogP contribution in [-0.4, -0.2) is 28.5 Å². The van der Waals surface area contributed by atoms with Gasteiger partial charge in [-0.1, -0.05) is 12.1 Å². The van der Waals surface area contributed by atoms with E-state index < -0.39 is 17.6 Å². The summed E-state index contributed by atoms with van der Waals surface area (Å²) in [6, 6.07) is 10.5. The van der Waals surface area contributed by atoms with E-state index >= 15 is 0 Å². The van der Waals surface area contributed by atoms with Gasteiger partial charge in [-0.15, -0.1) is 10.2 Å². The Morgan fingerprint density at radius 1 is 1.31 bits per heavy atom. The van der Waals surface area contributed by atoms with E-state index in [4.69, 9.17) is 9.15 Å². The van der Waals surface area contributed by atoms with Crippen LogP contribution >= 0.6 is 11.3 Å². The van der Waals surface area contributed by atoms with Crippen LogP contribution in [0, 0.1) is 17.2 Å². The molecule has 9 heteroatoms. The lowest BCUT2D eigenvalue weighted by atomic mass is 10.0. The molecule has 1 atom stereocenters. The number of thiophene rings is 1. The predicted molar refractivity (Wildman–Crippen MR) is 106 cm³/mol. The summed E-state index contributed by atoms with van der Waals surface area (Å²) < 4.78 is 11.0. The number of benzene rings is 1. The van der Waals surface area contributed by atoms with Crippen LogP contribution in [0.15, 0.2) is 45.5 Å². The Hall–Kier alpha value is -3.51. The van der Waals surface area contributed by atoms with E-state index in [0.717, 1.165) is 5.56 Å². The average Bonchev–Trinajstić information content (AvgIpc) is 3.40. The molecule has 1 aromatic carbocycles. The maximum absolute atomic E-state index is 12.5. The number of nitriles is 1. The Labute approximate surface area is 171 Å². The zero-order valence-corrected chi connectivity index (χ0v) is 16.4. The number of nitrogens with zero attached hydrogens (tertiary/aromatic N) is 3. The number of carbonyl (C=O) groups excluding carboxylic acids is 2. The van der Waals surface area contributed by atoms with Crippen LogP contribution in [0.4, 0.5) is 5.69 Å². The fourth-order valence-electron chi connectivity index (χ4n) is 2.56. The number of Topliss-reactive ketones (excluding diaryl/α,β-unsaturated/α-hetero) is 1. The van der Waals surface area contributed by atoms with Gasteiger partial charge in [-0.2, -0.15) is 16.6 Å². The predicted octanol–water partition coefficient (Wildman–Crippen LogP) is 3.48. The highest BCUT2D eigenvalue weighted by molar-refractivity contribution is 7.08. The summed E-state index contributed by atoms with van der Waals surface area (Å²) in [6.07, 6.45) is 0.0843. The van der Waals surface area contributed by atoms with Gasteiger partial charge in [0, 0.05) is 23.8 Å². The largest absolute Gasteiger partial charge is 0.492 e. The van der Waals surface area contributed by atoms with Crippen molar-refractivity contribution in [2.45, 2.75) is 19.8 Å². The third-order valence-corrected chi connectivity index (χ3v) is 4.66. The van der Waals surface area contributed by atoms with E-state index in [9.17, 15) is 14.9 Å². The number of anilines is 1. The van der Waals surface area contributed by atoms with Gasteiger partial charge < -0.3 is 14.5 Å². The van der Waals surface area contributed by atoms with Crippen molar-refractivity contribution in [2.75, 3.05) is 11.9 Å². The second-order valence-electron chi connectivity index (χ2n) is 5.96. The molecule has 0 aliphatic heterocycles. The van der Waals surface area contributed by atoms with Crippen LogP contribution in [0.3, 0.4) is 0 Å². The molecule has 0 aliphatic rings. The van der Waals surface area contributed by atoms with Gasteiger partial charge in [0.1, 0.15) is 5.75 Å². The molecule has 1 N–H and O–H groups in total. The maximum Gasteiger partial charge on any atom is 0.249 e. The minimum absolute atomic E-state index is 0.0655. The molecule has 8 nitrogen and oxygen atoms in total. The first-order chi connectivity index (χ1) is 14.1. The topological polar surface area (TPSA) is 118 Å².